The summed E-state index contributed by atoms with van der Waals surface area (Å²) in [5.41, 5.74) is 25.1. The number of likely N-dealkylation sites (N-methyl/N-ethyl adjacent to an activating group) is 2. The van der Waals surface area contributed by atoms with Crippen molar-refractivity contribution in [3.8, 4) is 22.7 Å². The number of nitrogens with two attached hydrogens (primary N) is 4. The number of aromatic nitrogens is 12. The van der Waals surface area contributed by atoms with E-state index >= 15 is 0 Å². The van der Waals surface area contributed by atoms with E-state index in [1.807, 2.05) is 21.9 Å². The number of carbonyl (C=O) groups excluding carboxylic acids is 4. The van der Waals surface area contributed by atoms with Gasteiger partial charge in [-0.25, -0.2) is 47.5 Å². The quantitative estimate of drug-likeness (QED) is 0.0239. The highest BCUT2D eigenvalue weighted by Crippen LogP contribution is 2.39. The van der Waals surface area contributed by atoms with Crippen LogP contribution in [0.2, 0.25) is 10.0 Å². The fourth-order valence-corrected chi connectivity index (χ4v) is 19.2. The summed E-state index contributed by atoms with van der Waals surface area (Å²) in [5, 5.41) is 2.07. The topological polar surface area (TPSA) is 402 Å². The molecule has 4 amide bonds. The predicted octanol–water partition coefficient (Wildman–Crippen LogP) is 8.95. The van der Waals surface area contributed by atoms with Crippen molar-refractivity contribution in [3.63, 3.8) is 0 Å². The van der Waals surface area contributed by atoms with Gasteiger partial charge in [-0.2, -0.15) is 9.97 Å². The second-order valence-corrected chi connectivity index (χ2v) is 35.2. The molecular weight excluding hydrogens is 1840 g/mol. The van der Waals surface area contributed by atoms with Crippen molar-refractivity contribution in [1.29, 1.82) is 0 Å². The average molecular weight is 1960 g/mol. The molecule has 0 radical (unpaired) electrons. The van der Waals surface area contributed by atoms with Gasteiger partial charge in [0.1, 0.15) is 98.2 Å². The molecule has 0 spiro atoms. The molecule has 0 bridgehead atoms. The molecule has 8 N–H and O–H groups in total. The predicted molar refractivity (Wildman–Crippen MR) is 541 cm³/mol. The number of piperazine rings is 4. The van der Waals surface area contributed by atoms with Gasteiger partial charge in [-0.1, -0.05) is 95.4 Å². The zero-order chi connectivity index (χ0) is 100. The number of rotatable bonds is 20. The van der Waals surface area contributed by atoms with Crippen LogP contribution in [-0.4, -0.2) is 280 Å². The Bertz CT molecular complexity index is 6840. The van der Waals surface area contributed by atoms with E-state index in [0.29, 0.717) is 196 Å². The van der Waals surface area contributed by atoms with Crippen molar-refractivity contribution in [3.05, 3.63) is 246 Å². The highest BCUT2D eigenvalue weighted by atomic mass is 35.5. The molecule has 8 aromatic heterocycles. The summed E-state index contributed by atoms with van der Waals surface area (Å²) in [7, 11) is 0. The standard InChI is InChI=1S/2C28H35FN8O2.C21H19Cl2FN6O2.C21H21FN6O2/c2*1-5-23(38)34-11-13-35(14-12-34)26-20-15-18(4)37(25-21(29)9-8-10-22(25)30)27(39)24(20)31-28(32-26)36-16-19(17-36)33(6-2)7-3;1-3-15(31)28-4-6-29(7-5-28)20-12-8-11(2)30(21(32)18(12)26-10-27-20)19-16(24)13(22)9-14(23)17(19)25;1-3-17(29)26-7-9-27(10-8-26)20-14-11-13(2)28(21(30)18(14)24-12-25-20)19-15(22)5-4-6-16(19)23/h2*5,8-10,15,19H,1,6-7,11-14,16-17,30H2,2-4H3;3,8-10H,1,4-7,25H2,2H3;3-6,11-12H,1,7-10,23H2,2H3. The molecule has 42 heteroatoms. The Morgan fingerprint density at radius 1 is 0.371 bits per heavy atom. The summed E-state index contributed by atoms with van der Waals surface area (Å²) in [4.78, 5) is 163. The van der Waals surface area contributed by atoms with Gasteiger partial charge in [-0.05, 0) is 145 Å². The summed E-state index contributed by atoms with van der Waals surface area (Å²) in [5.74, 6) is 0.347. The highest BCUT2D eigenvalue weighted by Gasteiger charge is 2.38. The molecule has 6 aliphatic rings. The minimum Gasteiger partial charge on any atom is -0.397 e. The van der Waals surface area contributed by atoms with Gasteiger partial charge in [-0.3, -0.25) is 66.4 Å². The van der Waals surface area contributed by atoms with Crippen molar-refractivity contribution < 1.29 is 36.7 Å². The van der Waals surface area contributed by atoms with Gasteiger partial charge in [0.2, 0.25) is 35.5 Å². The largest absolute Gasteiger partial charge is 0.397 e. The summed E-state index contributed by atoms with van der Waals surface area (Å²) in [6.45, 7) is 45.0. The van der Waals surface area contributed by atoms with Gasteiger partial charge < -0.3 is 71.9 Å². The van der Waals surface area contributed by atoms with E-state index in [1.54, 1.807) is 77.6 Å². The fourth-order valence-electron chi connectivity index (χ4n) is 18.8. The van der Waals surface area contributed by atoms with Crippen LogP contribution in [0.25, 0.3) is 66.4 Å². The van der Waals surface area contributed by atoms with Crippen LogP contribution in [-0.2, 0) is 19.2 Å². The van der Waals surface area contributed by atoms with Gasteiger partial charge in [0.25, 0.3) is 22.2 Å². The minimum absolute atomic E-state index is 0.0126. The highest BCUT2D eigenvalue weighted by molar-refractivity contribution is 6.37. The number of nitrogen functional groups attached to an aromatic ring is 4. The Labute approximate surface area is 813 Å². The minimum atomic E-state index is -0.851. The van der Waals surface area contributed by atoms with Gasteiger partial charge in [0.05, 0.1) is 54.3 Å². The molecule has 0 aliphatic carbocycles. The average Bonchev–Trinajstić information content (AvgIpc) is 0.741. The van der Waals surface area contributed by atoms with Crippen LogP contribution in [0, 0.1) is 51.0 Å². The molecule has 0 saturated carbocycles. The monoisotopic (exact) mass is 1950 g/mol. The summed E-state index contributed by atoms with van der Waals surface area (Å²) < 4.78 is 64.1. The fraction of sp³-hybridized carbons (Fsp3) is 0.347. The van der Waals surface area contributed by atoms with Crippen LogP contribution in [0.1, 0.15) is 50.5 Å². The molecule has 4 aromatic carbocycles. The molecule has 732 valence electrons. The van der Waals surface area contributed by atoms with Crippen LogP contribution >= 0.6 is 23.2 Å². The number of amides is 4. The van der Waals surface area contributed by atoms with Crippen LogP contribution in [0.4, 0.5) is 75.5 Å². The van der Waals surface area contributed by atoms with Crippen molar-refractivity contribution >= 4 is 148 Å². The first-order valence-electron chi connectivity index (χ1n) is 46.0. The molecule has 14 heterocycles. The smallest absolute Gasteiger partial charge is 0.282 e. The maximum Gasteiger partial charge on any atom is 0.282 e. The number of hydrogen-bond acceptors (Lipinski definition) is 28. The summed E-state index contributed by atoms with van der Waals surface area (Å²) >= 11 is 12.0. The van der Waals surface area contributed by atoms with E-state index in [1.165, 1.54) is 93.1 Å². The molecule has 36 nitrogen and oxygen atoms in total. The Morgan fingerprint density at radius 2 is 0.643 bits per heavy atom. The van der Waals surface area contributed by atoms with E-state index in [0.717, 1.165) is 56.9 Å². The van der Waals surface area contributed by atoms with E-state index in [4.69, 9.17) is 66.1 Å². The number of fused-ring (bicyclic) bond motifs is 4. The van der Waals surface area contributed by atoms with Crippen molar-refractivity contribution in [2.24, 2.45) is 0 Å². The lowest BCUT2D eigenvalue weighted by Crippen LogP contribution is -2.60. The number of carbonyl (C=O) groups is 4. The van der Waals surface area contributed by atoms with Crippen molar-refractivity contribution in [2.75, 3.05) is 209 Å². The first-order chi connectivity index (χ1) is 67.2. The van der Waals surface area contributed by atoms with E-state index < -0.39 is 45.5 Å². The first-order valence-corrected chi connectivity index (χ1v) is 46.8. The lowest BCUT2D eigenvalue weighted by Gasteiger charge is -2.45. The molecule has 6 saturated heterocycles. The number of pyridine rings is 4. The molecule has 140 heavy (non-hydrogen) atoms. The van der Waals surface area contributed by atoms with Gasteiger partial charge in [-0.15, -0.1) is 0 Å². The van der Waals surface area contributed by atoms with Gasteiger partial charge in [0, 0.05) is 166 Å². The molecule has 6 fully saturated rings. The maximum absolute atomic E-state index is 14.9. The Balaban J connectivity index is 0.000000142. The number of aryl methyl sites for hydroxylation is 4. The van der Waals surface area contributed by atoms with Crippen molar-refractivity contribution in [2.45, 2.75) is 67.5 Å². The summed E-state index contributed by atoms with van der Waals surface area (Å²) in [6, 6.07) is 22.1. The number of para-hydroxylation sites is 3. The SMILES string of the molecule is C=CC(=O)N1CCN(c2nc(N3CC(N(CC)CC)C3)nc3c(=O)n(-c4c(N)cccc4F)c(C)cc23)CC1.C=CC(=O)N1CCN(c2nc(N3CC(N(CC)CC)C3)nc3c(=O)n(-c4c(N)cccc4F)c(C)cc23)CC1.C=CC(=O)N1CCN(c2ncnc3c(=O)n(-c4c(N)c(Cl)cc(Cl)c4F)c(C)cc23)CC1.C=CC(=O)N1CCN(c2ncnc3c(=O)n(-c4c(N)cccc4F)c(C)cc23)CC1. The van der Waals surface area contributed by atoms with E-state index in [-0.39, 0.29) is 101 Å². The molecule has 12 aromatic rings. The normalized spacial score (nSPS) is 15.3. The molecule has 0 atom stereocenters. The second-order valence-electron chi connectivity index (χ2n) is 34.4. The van der Waals surface area contributed by atoms with E-state index in [2.05, 4.69) is 103 Å². The second kappa shape index (κ2) is 42.2. The number of hydrogen-bond donors (Lipinski definition) is 4. The van der Waals surface area contributed by atoms with Gasteiger partial charge in [0.15, 0.2) is 5.82 Å². The zero-order valence-corrected chi connectivity index (χ0v) is 80.6. The Hall–Kier alpha value is -14.9. The summed E-state index contributed by atoms with van der Waals surface area (Å²) in [6.07, 6.45) is 7.84. The molecule has 0 unspecified atom stereocenters. The third-order valence-electron chi connectivity index (χ3n) is 26.3. The number of nitrogens with zero attached hydrogens (tertiary/aromatic N) is 24. The number of benzene rings is 4. The third kappa shape index (κ3) is 19.5. The maximum atomic E-state index is 14.9. The molecule has 18 rings (SSSR count). The van der Waals surface area contributed by atoms with Crippen LogP contribution < -0.4 is 74.6 Å². The van der Waals surface area contributed by atoms with Gasteiger partial charge >= 0.3 is 0 Å². The molecule has 6 aliphatic heterocycles. The van der Waals surface area contributed by atoms with Crippen LogP contribution in [0.5, 0.6) is 0 Å². The number of anilines is 10. The lowest BCUT2D eigenvalue weighted by atomic mass is 10.1. The zero-order valence-electron chi connectivity index (χ0n) is 79.1. The lowest BCUT2D eigenvalue weighted by molar-refractivity contribution is -0.127. The van der Waals surface area contributed by atoms with Crippen LogP contribution in [0.15, 0.2) is 167 Å². The van der Waals surface area contributed by atoms with Crippen molar-refractivity contribution in [1.82, 2.24) is 87.5 Å². The third-order valence-corrected chi connectivity index (χ3v) is 26.9. The number of halogens is 6. The molecular formula is C98H110Cl2F4N28O8. The van der Waals surface area contributed by atoms with E-state index in [9.17, 15) is 55.9 Å². The first kappa shape index (κ1) is 99.6. The Kier molecular flexibility index (Phi) is 30.0. The van der Waals surface area contributed by atoms with Crippen LogP contribution in [0.3, 0.4) is 0 Å². The Morgan fingerprint density at radius 3 is 0.921 bits per heavy atom.